The van der Waals surface area contributed by atoms with E-state index in [1.165, 1.54) is 11.8 Å². The average molecular weight is 394 g/mol. The molecule has 7 nitrogen and oxygen atoms in total. The number of aromatic nitrogens is 4. The molecule has 4 rings (SSSR count). The number of esters is 1. The smallest absolute Gasteiger partial charge is 0.374 e. The van der Waals surface area contributed by atoms with E-state index in [0.717, 1.165) is 22.2 Å². The standard InChI is InChI=1S/C20H18N4O3S/c1-3-26-19(25)18-16(15-9-4-5-10-17(15)27-18)12-28-20-21-22-23-24(20)14-8-6-7-13(2)11-14/h4-11H,3,12H2,1-2H3. The summed E-state index contributed by atoms with van der Waals surface area (Å²) in [5.41, 5.74) is 3.43. The molecule has 0 bridgehead atoms. The van der Waals surface area contributed by atoms with Crippen molar-refractivity contribution in [3.63, 3.8) is 0 Å². The minimum atomic E-state index is -0.465. The number of ether oxygens (including phenoxy) is 1. The maximum atomic E-state index is 12.4. The van der Waals surface area contributed by atoms with Crippen molar-refractivity contribution < 1.29 is 13.9 Å². The van der Waals surface area contributed by atoms with Crippen LogP contribution in [-0.2, 0) is 10.5 Å². The van der Waals surface area contributed by atoms with Crippen LogP contribution in [0.25, 0.3) is 16.7 Å². The van der Waals surface area contributed by atoms with Crippen LogP contribution in [0.5, 0.6) is 0 Å². The fourth-order valence-corrected chi connectivity index (χ4v) is 3.85. The van der Waals surface area contributed by atoms with Gasteiger partial charge in [-0.25, -0.2) is 4.79 Å². The van der Waals surface area contributed by atoms with Gasteiger partial charge in [-0.3, -0.25) is 0 Å². The van der Waals surface area contributed by atoms with Gasteiger partial charge in [-0.2, -0.15) is 4.68 Å². The predicted molar refractivity (Wildman–Crippen MR) is 106 cm³/mol. The van der Waals surface area contributed by atoms with Crippen molar-refractivity contribution >= 4 is 28.7 Å². The number of hydrogen-bond donors (Lipinski definition) is 0. The number of fused-ring (bicyclic) bond motifs is 1. The van der Waals surface area contributed by atoms with Gasteiger partial charge >= 0.3 is 5.97 Å². The summed E-state index contributed by atoms with van der Waals surface area (Å²) in [6.07, 6.45) is 0. The maximum Gasteiger partial charge on any atom is 0.374 e. The summed E-state index contributed by atoms with van der Waals surface area (Å²) < 4.78 is 12.6. The molecule has 8 heteroatoms. The number of carbonyl (C=O) groups excluding carboxylic acids is 1. The SMILES string of the molecule is CCOC(=O)c1oc2ccccc2c1CSc1nnnn1-c1cccc(C)c1. The Kier molecular flexibility index (Phi) is 5.12. The third kappa shape index (κ3) is 3.50. The van der Waals surface area contributed by atoms with Crippen LogP contribution in [0.3, 0.4) is 0 Å². The van der Waals surface area contributed by atoms with Gasteiger partial charge in [0.05, 0.1) is 12.3 Å². The van der Waals surface area contributed by atoms with E-state index in [1.807, 2.05) is 55.5 Å². The molecule has 0 N–H and O–H groups in total. The molecule has 142 valence electrons. The summed E-state index contributed by atoms with van der Waals surface area (Å²) in [6.45, 7) is 4.07. The molecule has 0 spiro atoms. The Morgan fingerprint density at radius 3 is 2.89 bits per heavy atom. The van der Waals surface area contributed by atoms with Crippen LogP contribution in [0.2, 0.25) is 0 Å². The first-order chi connectivity index (χ1) is 13.7. The molecule has 0 unspecified atom stereocenters. The van der Waals surface area contributed by atoms with Crippen LogP contribution in [-0.4, -0.2) is 32.8 Å². The van der Waals surface area contributed by atoms with E-state index in [1.54, 1.807) is 11.6 Å². The number of thioether (sulfide) groups is 1. The minimum absolute atomic E-state index is 0.227. The number of benzene rings is 2. The Morgan fingerprint density at radius 1 is 1.21 bits per heavy atom. The highest BCUT2D eigenvalue weighted by atomic mass is 32.2. The molecule has 0 saturated heterocycles. The van der Waals surface area contributed by atoms with E-state index in [4.69, 9.17) is 9.15 Å². The first-order valence-electron chi connectivity index (χ1n) is 8.83. The molecule has 2 aromatic heterocycles. The Labute approximate surface area is 165 Å². The second-order valence-electron chi connectivity index (χ2n) is 6.13. The molecule has 2 aromatic carbocycles. The number of carbonyl (C=O) groups is 1. The zero-order valence-corrected chi connectivity index (χ0v) is 16.3. The van der Waals surface area contributed by atoms with Crippen molar-refractivity contribution in [2.45, 2.75) is 24.8 Å². The quantitative estimate of drug-likeness (QED) is 0.358. The number of nitrogens with zero attached hydrogens (tertiary/aromatic N) is 4. The highest BCUT2D eigenvalue weighted by molar-refractivity contribution is 7.98. The second-order valence-corrected chi connectivity index (χ2v) is 7.07. The van der Waals surface area contributed by atoms with Gasteiger partial charge in [0.1, 0.15) is 5.58 Å². The third-order valence-corrected chi connectivity index (χ3v) is 5.14. The third-order valence-electron chi connectivity index (χ3n) is 4.19. The number of aryl methyl sites for hydroxylation is 1. The van der Waals surface area contributed by atoms with E-state index in [9.17, 15) is 4.79 Å². The number of tetrazole rings is 1. The second kappa shape index (κ2) is 7.85. The summed E-state index contributed by atoms with van der Waals surface area (Å²) in [4.78, 5) is 12.4. The zero-order valence-electron chi connectivity index (χ0n) is 15.5. The summed E-state index contributed by atoms with van der Waals surface area (Å²) in [7, 11) is 0. The van der Waals surface area contributed by atoms with Crippen LogP contribution < -0.4 is 0 Å². The van der Waals surface area contributed by atoms with E-state index in [-0.39, 0.29) is 12.4 Å². The van der Waals surface area contributed by atoms with Crippen molar-refractivity contribution in [1.29, 1.82) is 0 Å². The van der Waals surface area contributed by atoms with Gasteiger partial charge in [-0.05, 0) is 48.0 Å². The van der Waals surface area contributed by atoms with Gasteiger partial charge in [0.15, 0.2) is 0 Å². The molecule has 0 atom stereocenters. The topological polar surface area (TPSA) is 83.0 Å². The maximum absolute atomic E-state index is 12.4. The van der Waals surface area contributed by atoms with Crippen LogP contribution in [0, 0.1) is 6.92 Å². The fraction of sp³-hybridized carbons (Fsp3) is 0.200. The van der Waals surface area contributed by atoms with Crippen molar-refractivity contribution in [2.75, 3.05) is 6.61 Å². The largest absolute Gasteiger partial charge is 0.460 e. The first-order valence-corrected chi connectivity index (χ1v) is 9.81. The van der Waals surface area contributed by atoms with E-state index in [2.05, 4.69) is 15.5 Å². The Morgan fingerprint density at radius 2 is 2.07 bits per heavy atom. The Hall–Kier alpha value is -3.13. The van der Waals surface area contributed by atoms with Crippen molar-refractivity contribution in [1.82, 2.24) is 20.2 Å². The minimum Gasteiger partial charge on any atom is -0.460 e. The lowest BCUT2D eigenvalue weighted by Crippen LogP contribution is -2.06. The Bertz CT molecular complexity index is 1140. The normalized spacial score (nSPS) is 11.1. The summed E-state index contributed by atoms with van der Waals surface area (Å²) >= 11 is 1.44. The number of para-hydroxylation sites is 1. The van der Waals surface area contributed by atoms with Crippen LogP contribution in [0.4, 0.5) is 0 Å². The molecule has 28 heavy (non-hydrogen) atoms. The molecular formula is C20H18N4O3S. The van der Waals surface area contributed by atoms with Crippen LogP contribution in [0.15, 0.2) is 58.1 Å². The summed E-state index contributed by atoms with van der Waals surface area (Å²) in [5, 5.41) is 13.5. The highest BCUT2D eigenvalue weighted by Gasteiger charge is 2.22. The molecule has 0 saturated carbocycles. The van der Waals surface area contributed by atoms with Gasteiger partial charge in [0.2, 0.25) is 10.9 Å². The van der Waals surface area contributed by atoms with Gasteiger partial charge in [-0.15, -0.1) is 5.10 Å². The van der Waals surface area contributed by atoms with Crippen molar-refractivity contribution in [2.24, 2.45) is 0 Å². The molecule has 0 aliphatic heterocycles. The lowest BCUT2D eigenvalue weighted by molar-refractivity contribution is 0.0491. The molecule has 0 aliphatic rings. The molecule has 0 aliphatic carbocycles. The van der Waals surface area contributed by atoms with Gasteiger partial charge in [0, 0.05) is 16.7 Å². The predicted octanol–water partition coefficient (Wildman–Crippen LogP) is 4.19. The van der Waals surface area contributed by atoms with E-state index in [0.29, 0.717) is 16.5 Å². The fourth-order valence-electron chi connectivity index (χ4n) is 2.93. The van der Waals surface area contributed by atoms with Gasteiger partial charge in [0.25, 0.3) is 0 Å². The monoisotopic (exact) mass is 394 g/mol. The highest BCUT2D eigenvalue weighted by Crippen LogP contribution is 2.32. The van der Waals surface area contributed by atoms with Gasteiger partial charge in [-0.1, -0.05) is 42.1 Å². The van der Waals surface area contributed by atoms with Crippen LogP contribution >= 0.6 is 11.8 Å². The van der Waals surface area contributed by atoms with E-state index >= 15 is 0 Å². The van der Waals surface area contributed by atoms with Crippen LogP contribution in [0.1, 0.15) is 28.6 Å². The zero-order chi connectivity index (χ0) is 19.5. The average Bonchev–Trinajstić information content (AvgIpc) is 3.31. The van der Waals surface area contributed by atoms with E-state index < -0.39 is 5.97 Å². The lowest BCUT2D eigenvalue weighted by Gasteiger charge is -2.06. The first kappa shape index (κ1) is 18.2. The Balaban J connectivity index is 1.66. The molecule has 2 heterocycles. The van der Waals surface area contributed by atoms with Gasteiger partial charge < -0.3 is 9.15 Å². The summed E-state index contributed by atoms with van der Waals surface area (Å²) in [5.74, 6) is 0.231. The lowest BCUT2D eigenvalue weighted by atomic mass is 10.1. The number of hydrogen-bond acceptors (Lipinski definition) is 7. The van der Waals surface area contributed by atoms with Crippen molar-refractivity contribution in [3.8, 4) is 5.69 Å². The molecule has 4 aromatic rings. The molecule has 0 fully saturated rings. The number of furan rings is 1. The molecule has 0 radical (unpaired) electrons. The summed E-state index contributed by atoms with van der Waals surface area (Å²) in [6, 6.07) is 15.5. The molecular weight excluding hydrogens is 376 g/mol. The molecule has 0 amide bonds. The van der Waals surface area contributed by atoms with Crippen molar-refractivity contribution in [3.05, 3.63) is 65.4 Å². The number of rotatable bonds is 6.